The van der Waals surface area contributed by atoms with Gasteiger partial charge in [0.15, 0.2) is 0 Å². The molecule has 1 atom stereocenters. The van der Waals surface area contributed by atoms with Gasteiger partial charge in [-0.1, -0.05) is 0 Å². The zero-order valence-corrected chi connectivity index (χ0v) is 12.3. The van der Waals surface area contributed by atoms with E-state index in [1.807, 2.05) is 19.1 Å². The third-order valence-corrected chi connectivity index (χ3v) is 5.44. The van der Waals surface area contributed by atoms with E-state index in [0.717, 1.165) is 18.6 Å². The van der Waals surface area contributed by atoms with E-state index in [1.165, 1.54) is 21.4 Å². The molecular formula is C13H17N3O3S. The molecule has 6 nitrogen and oxygen atoms in total. The number of rotatable bonds is 3. The van der Waals surface area contributed by atoms with Gasteiger partial charge in [-0.05, 0) is 31.9 Å². The Kier molecular flexibility index (Phi) is 3.18. The van der Waals surface area contributed by atoms with E-state index in [4.69, 9.17) is 4.42 Å². The van der Waals surface area contributed by atoms with Crippen molar-refractivity contribution in [3.05, 3.63) is 36.0 Å². The third-order valence-electron chi connectivity index (χ3n) is 3.58. The summed E-state index contributed by atoms with van der Waals surface area (Å²) in [5.41, 5.74) is 0. The van der Waals surface area contributed by atoms with Crippen molar-refractivity contribution in [3.8, 4) is 0 Å². The van der Waals surface area contributed by atoms with Crippen molar-refractivity contribution < 1.29 is 12.8 Å². The fourth-order valence-electron chi connectivity index (χ4n) is 2.61. The van der Waals surface area contributed by atoms with Crippen LogP contribution < -0.4 is 0 Å². The van der Waals surface area contributed by atoms with Gasteiger partial charge in [0.05, 0.1) is 12.2 Å². The van der Waals surface area contributed by atoms with Crippen LogP contribution in [-0.4, -0.2) is 29.0 Å². The summed E-state index contributed by atoms with van der Waals surface area (Å²) < 4.78 is 34.0. The standard InChI is InChI=1S/C13H17N3O3S/c1-10-5-6-13(19-10)12-4-3-7-16(12)20(17,18)11-8-14-15(2)9-11/h5-6,8-9,12H,3-4,7H2,1-2H3. The molecule has 3 rings (SSSR count). The summed E-state index contributed by atoms with van der Waals surface area (Å²) in [7, 11) is -1.81. The Labute approximate surface area is 118 Å². The van der Waals surface area contributed by atoms with Crippen molar-refractivity contribution in [2.75, 3.05) is 6.54 Å². The van der Waals surface area contributed by atoms with Crippen LogP contribution >= 0.6 is 0 Å². The van der Waals surface area contributed by atoms with Crippen molar-refractivity contribution in [1.29, 1.82) is 0 Å². The zero-order valence-electron chi connectivity index (χ0n) is 11.5. The number of furan rings is 1. The van der Waals surface area contributed by atoms with E-state index in [-0.39, 0.29) is 10.9 Å². The number of aromatic nitrogens is 2. The fraction of sp³-hybridized carbons (Fsp3) is 0.462. The number of hydrogen-bond acceptors (Lipinski definition) is 4. The van der Waals surface area contributed by atoms with Crippen molar-refractivity contribution in [2.24, 2.45) is 7.05 Å². The number of hydrogen-bond donors (Lipinski definition) is 0. The summed E-state index contributed by atoms with van der Waals surface area (Å²) in [6.07, 6.45) is 4.53. The molecule has 3 heterocycles. The van der Waals surface area contributed by atoms with E-state index in [2.05, 4.69) is 5.10 Å². The average molecular weight is 295 g/mol. The van der Waals surface area contributed by atoms with E-state index < -0.39 is 10.0 Å². The minimum absolute atomic E-state index is 0.214. The lowest BCUT2D eigenvalue weighted by Gasteiger charge is -2.21. The SMILES string of the molecule is Cc1ccc(C2CCCN2S(=O)(=O)c2cnn(C)c2)o1. The van der Waals surface area contributed by atoms with Crippen LogP contribution in [0.3, 0.4) is 0 Å². The van der Waals surface area contributed by atoms with E-state index in [9.17, 15) is 8.42 Å². The molecule has 0 spiro atoms. The topological polar surface area (TPSA) is 68.3 Å². The average Bonchev–Trinajstić information content (AvgIpc) is 3.07. The molecule has 1 aliphatic heterocycles. The van der Waals surface area contributed by atoms with Crippen molar-refractivity contribution >= 4 is 10.0 Å². The highest BCUT2D eigenvalue weighted by molar-refractivity contribution is 7.89. The van der Waals surface area contributed by atoms with Gasteiger partial charge in [-0.3, -0.25) is 4.68 Å². The molecule has 1 fully saturated rings. The summed E-state index contributed by atoms with van der Waals surface area (Å²) in [6.45, 7) is 2.38. The number of nitrogens with zero attached hydrogens (tertiary/aromatic N) is 3. The van der Waals surface area contributed by atoms with Gasteiger partial charge in [0.2, 0.25) is 10.0 Å². The maximum atomic E-state index is 12.7. The van der Waals surface area contributed by atoms with E-state index in [1.54, 1.807) is 7.05 Å². The summed E-state index contributed by atoms with van der Waals surface area (Å²) in [4.78, 5) is 0.232. The Balaban J connectivity index is 1.96. The first kappa shape index (κ1) is 13.4. The Morgan fingerprint density at radius 2 is 2.20 bits per heavy atom. The van der Waals surface area contributed by atoms with Gasteiger partial charge in [0, 0.05) is 19.8 Å². The van der Waals surface area contributed by atoms with Gasteiger partial charge in [-0.25, -0.2) is 8.42 Å². The molecule has 0 bridgehead atoms. The number of aryl methyl sites for hydroxylation is 2. The predicted octanol–water partition coefficient (Wildman–Crippen LogP) is 1.85. The molecule has 2 aromatic rings. The molecule has 1 unspecified atom stereocenters. The maximum Gasteiger partial charge on any atom is 0.246 e. The van der Waals surface area contributed by atoms with Crippen LogP contribution in [0.25, 0.3) is 0 Å². The summed E-state index contributed by atoms with van der Waals surface area (Å²) >= 11 is 0. The predicted molar refractivity (Wildman–Crippen MR) is 72.5 cm³/mol. The quantitative estimate of drug-likeness (QED) is 0.866. The minimum atomic E-state index is -3.52. The zero-order chi connectivity index (χ0) is 14.3. The molecule has 0 radical (unpaired) electrons. The molecule has 1 aliphatic rings. The molecule has 108 valence electrons. The second-order valence-corrected chi connectivity index (χ2v) is 6.96. The van der Waals surface area contributed by atoms with Gasteiger partial charge in [-0.15, -0.1) is 0 Å². The number of sulfonamides is 1. The lowest BCUT2D eigenvalue weighted by atomic mass is 10.2. The van der Waals surface area contributed by atoms with E-state index in [0.29, 0.717) is 12.3 Å². The fourth-order valence-corrected chi connectivity index (χ4v) is 4.26. The molecule has 20 heavy (non-hydrogen) atoms. The van der Waals surface area contributed by atoms with Crippen molar-refractivity contribution in [2.45, 2.75) is 30.7 Å². The first-order valence-electron chi connectivity index (χ1n) is 6.55. The van der Waals surface area contributed by atoms with Crippen molar-refractivity contribution in [1.82, 2.24) is 14.1 Å². The minimum Gasteiger partial charge on any atom is -0.465 e. The Morgan fingerprint density at radius 3 is 2.80 bits per heavy atom. The molecule has 0 saturated carbocycles. The molecule has 0 N–H and O–H groups in total. The van der Waals surface area contributed by atoms with Crippen LogP contribution in [0, 0.1) is 6.92 Å². The van der Waals surface area contributed by atoms with Gasteiger partial charge in [-0.2, -0.15) is 9.40 Å². The highest BCUT2D eigenvalue weighted by Gasteiger charge is 2.38. The molecular weight excluding hydrogens is 278 g/mol. The first-order chi connectivity index (χ1) is 9.48. The second-order valence-electron chi connectivity index (χ2n) is 5.07. The highest BCUT2D eigenvalue weighted by atomic mass is 32.2. The van der Waals surface area contributed by atoms with Gasteiger partial charge in [0.25, 0.3) is 0 Å². The monoisotopic (exact) mass is 295 g/mol. The highest BCUT2D eigenvalue weighted by Crippen LogP contribution is 2.36. The van der Waals surface area contributed by atoms with Crippen LogP contribution in [-0.2, 0) is 17.1 Å². The molecule has 7 heteroatoms. The largest absolute Gasteiger partial charge is 0.465 e. The summed E-state index contributed by atoms with van der Waals surface area (Å²) in [5.74, 6) is 1.51. The lowest BCUT2D eigenvalue weighted by molar-refractivity contribution is 0.334. The molecule has 0 aromatic carbocycles. The van der Waals surface area contributed by atoms with Crippen LogP contribution in [0.5, 0.6) is 0 Å². The van der Waals surface area contributed by atoms with Crippen LogP contribution in [0.2, 0.25) is 0 Å². The smallest absolute Gasteiger partial charge is 0.246 e. The summed E-state index contributed by atoms with van der Waals surface area (Å²) in [5, 5.41) is 3.94. The Bertz CT molecular complexity index is 717. The maximum absolute atomic E-state index is 12.7. The molecule has 0 aliphatic carbocycles. The third kappa shape index (κ3) is 2.16. The lowest BCUT2D eigenvalue weighted by Crippen LogP contribution is -2.30. The Morgan fingerprint density at radius 1 is 1.40 bits per heavy atom. The van der Waals surface area contributed by atoms with Crippen LogP contribution in [0.1, 0.15) is 30.4 Å². The molecule has 0 amide bonds. The van der Waals surface area contributed by atoms with Gasteiger partial charge >= 0.3 is 0 Å². The Hall–Kier alpha value is -1.60. The normalized spacial score (nSPS) is 20.6. The van der Waals surface area contributed by atoms with Crippen LogP contribution in [0.15, 0.2) is 33.8 Å². The van der Waals surface area contributed by atoms with Gasteiger partial charge < -0.3 is 4.42 Å². The summed E-state index contributed by atoms with van der Waals surface area (Å²) in [6, 6.07) is 3.51. The second kappa shape index (κ2) is 4.75. The van der Waals surface area contributed by atoms with Crippen LogP contribution in [0.4, 0.5) is 0 Å². The van der Waals surface area contributed by atoms with Crippen molar-refractivity contribution in [3.63, 3.8) is 0 Å². The molecule has 2 aromatic heterocycles. The first-order valence-corrected chi connectivity index (χ1v) is 7.99. The van der Waals surface area contributed by atoms with E-state index >= 15 is 0 Å². The molecule has 1 saturated heterocycles. The van der Waals surface area contributed by atoms with Gasteiger partial charge in [0.1, 0.15) is 16.4 Å².